The highest BCUT2D eigenvalue weighted by molar-refractivity contribution is 4.97. The van der Waals surface area contributed by atoms with E-state index in [4.69, 9.17) is 0 Å². The Kier molecular flexibility index (Phi) is 3.36. The fourth-order valence-electron chi connectivity index (χ4n) is 4.10. The molecule has 1 heterocycles. The van der Waals surface area contributed by atoms with Crippen LogP contribution in [0.1, 0.15) is 59.8 Å². The molecule has 0 unspecified atom stereocenters. The largest absolute Gasteiger partial charge is 0.300 e. The molecule has 1 aliphatic carbocycles. The standard InChI is InChI=1S/C15H29N/c1-11-9-10-12-7-6-8-13(15(2,3)4)14(12)16(11)5/h11-14H,6-10H2,1-5H3/t11-,12+,13+,14+/m0/s1. The van der Waals surface area contributed by atoms with Crippen molar-refractivity contribution in [1.29, 1.82) is 0 Å². The van der Waals surface area contributed by atoms with Crippen molar-refractivity contribution < 1.29 is 0 Å². The van der Waals surface area contributed by atoms with Crippen LogP contribution in [-0.4, -0.2) is 24.0 Å². The molecule has 94 valence electrons. The average Bonchev–Trinajstić information content (AvgIpc) is 2.21. The average molecular weight is 223 g/mol. The number of hydrogen-bond donors (Lipinski definition) is 0. The molecule has 1 saturated carbocycles. The summed E-state index contributed by atoms with van der Waals surface area (Å²) in [6.07, 6.45) is 7.28. The number of nitrogens with zero attached hydrogens (tertiary/aromatic N) is 1. The summed E-state index contributed by atoms with van der Waals surface area (Å²) in [6.45, 7) is 9.72. The SMILES string of the molecule is C[C@H]1CC[C@H]2CCC[C@@H](C(C)(C)C)[C@@H]2N1C. The van der Waals surface area contributed by atoms with E-state index in [1.165, 1.54) is 32.1 Å². The van der Waals surface area contributed by atoms with Gasteiger partial charge in [0.1, 0.15) is 0 Å². The Hall–Kier alpha value is -0.0400. The number of rotatable bonds is 0. The minimum absolute atomic E-state index is 0.481. The van der Waals surface area contributed by atoms with Crippen LogP contribution < -0.4 is 0 Å². The second-order valence-corrected chi connectivity index (χ2v) is 7.25. The fourth-order valence-corrected chi connectivity index (χ4v) is 4.10. The normalized spacial score (nSPS) is 41.8. The summed E-state index contributed by atoms with van der Waals surface area (Å²) < 4.78 is 0. The third-order valence-corrected chi connectivity index (χ3v) is 5.22. The van der Waals surface area contributed by atoms with Gasteiger partial charge in [-0.2, -0.15) is 0 Å². The number of fused-ring (bicyclic) bond motifs is 1. The lowest BCUT2D eigenvalue weighted by atomic mass is 9.63. The van der Waals surface area contributed by atoms with Gasteiger partial charge in [-0.1, -0.05) is 27.2 Å². The predicted molar refractivity (Wildman–Crippen MR) is 70.5 cm³/mol. The van der Waals surface area contributed by atoms with Gasteiger partial charge in [0.15, 0.2) is 0 Å². The Balaban J connectivity index is 2.20. The molecule has 0 amide bonds. The van der Waals surface area contributed by atoms with Crippen LogP contribution in [0.2, 0.25) is 0 Å². The first-order chi connectivity index (χ1) is 7.41. The number of piperidine rings is 1. The van der Waals surface area contributed by atoms with Crippen molar-refractivity contribution in [3.05, 3.63) is 0 Å². The van der Waals surface area contributed by atoms with Gasteiger partial charge < -0.3 is 4.90 Å². The monoisotopic (exact) mass is 223 g/mol. The van der Waals surface area contributed by atoms with Crippen molar-refractivity contribution in [3.8, 4) is 0 Å². The minimum atomic E-state index is 0.481. The van der Waals surface area contributed by atoms with E-state index < -0.39 is 0 Å². The van der Waals surface area contributed by atoms with Gasteiger partial charge in [-0.15, -0.1) is 0 Å². The maximum absolute atomic E-state index is 2.70. The molecule has 1 aliphatic heterocycles. The molecule has 0 aromatic heterocycles. The Morgan fingerprint density at radius 2 is 1.69 bits per heavy atom. The van der Waals surface area contributed by atoms with Gasteiger partial charge in [-0.3, -0.25) is 0 Å². The molecule has 1 nitrogen and oxygen atoms in total. The second-order valence-electron chi connectivity index (χ2n) is 7.25. The molecule has 0 bridgehead atoms. The van der Waals surface area contributed by atoms with E-state index in [1.807, 2.05) is 0 Å². The van der Waals surface area contributed by atoms with Crippen LogP contribution in [0.4, 0.5) is 0 Å². The van der Waals surface area contributed by atoms with E-state index in [2.05, 4.69) is 39.6 Å². The number of hydrogen-bond acceptors (Lipinski definition) is 1. The van der Waals surface area contributed by atoms with Crippen molar-refractivity contribution in [2.45, 2.75) is 71.9 Å². The first-order valence-electron chi connectivity index (χ1n) is 7.13. The molecule has 0 N–H and O–H groups in total. The first kappa shape index (κ1) is 12.4. The molecule has 0 spiro atoms. The summed E-state index contributed by atoms with van der Waals surface area (Å²) >= 11 is 0. The van der Waals surface area contributed by atoms with E-state index in [0.29, 0.717) is 5.41 Å². The zero-order valence-electron chi connectivity index (χ0n) is 11.8. The molecule has 2 fully saturated rings. The van der Waals surface area contributed by atoms with Crippen LogP contribution in [0.25, 0.3) is 0 Å². The quantitative estimate of drug-likeness (QED) is 0.601. The summed E-state index contributed by atoms with van der Waals surface area (Å²) in [7, 11) is 2.37. The van der Waals surface area contributed by atoms with E-state index >= 15 is 0 Å². The fraction of sp³-hybridized carbons (Fsp3) is 1.00. The van der Waals surface area contributed by atoms with E-state index in [1.54, 1.807) is 0 Å². The van der Waals surface area contributed by atoms with Gasteiger partial charge in [0.05, 0.1) is 0 Å². The Morgan fingerprint density at radius 1 is 1.00 bits per heavy atom. The van der Waals surface area contributed by atoms with Crippen LogP contribution in [-0.2, 0) is 0 Å². The number of likely N-dealkylation sites (tertiary alicyclic amines) is 1. The predicted octanol–water partition coefficient (Wildman–Crippen LogP) is 3.93. The molecule has 1 heteroatoms. The molecular weight excluding hydrogens is 194 g/mol. The van der Waals surface area contributed by atoms with E-state index in [9.17, 15) is 0 Å². The van der Waals surface area contributed by atoms with E-state index in [0.717, 1.165) is 23.9 Å². The third-order valence-electron chi connectivity index (χ3n) is 5.22. The van der Waals surface area contributed by atoms with Crippen molar-refractivity contribution in [2.75, 3.05) is 7.05 Å². The van der Waals surface area contributed by atoms with Crippen molar-refractivity contribution >= 4 is 0 Å². The molecular formula is C15H29N. The zero-order valence-corrected chi connectivity index (χ0v) is 11.8. The lowest BCUT2D eigenvalue weighted by Gasteiger charge is -2.53. The summed E-state index contributed by atoms with van der Waals surface area (Å²) in [6, 6.07) is 1.65. The molecule has 0 aromatic rings. The van der Waals surface area contributed by atoms with Gasteiger partial charge in [0, 0.05) is 12.1 Å². The molecule has 4 atom stereocenters. The molecule has 0 aromatic carbocycles. The van der Waals surface area contributed by atoms with Gasteiger partial charge in [-0.05, 0) is 56.9 Å². The molecule has 1 saturated heterocycles. The molecule has 16 heavy (non-hydrogen) atoms. The summed E-state index contributed by atoms with van der Waals surface area (Å²) in [5.41, 5.74) is 0.481. The molecule has 2 rings (SSSR count). The van der Waals surface area contributed by atoms with Crippen molar-refractivity contribution in [1.82, 2.24) is 4.90 Å². The van der Waals surface area contributed by atoms with E-state index in [-0.39, 0.29) is 0 Å². The van der Waals surface area contributed by atoms with Crippen LogP contribution in [0, 0.1) is 17.3 Å². The third kappa shape index (κ3) is 2.16. The van der Waals surface area contributed by atoms with Crippen LogP contribution >= 0.6 is 0 Å². The Morgan fingerprint density at radius 3 is 2.31 bits per heavy atom. The second kappa shape index (κ2) is 4.33. The van der Waals surface area contributed by atoms with Crippen LogP contribution in [0.15, 0.2) is 0 Å². The summed E-state index contributed by atoms with van der Waals surface area (Å²) in [4.78, 5) is 2.70. The lowest BCUT2D eigenvalue weighted by molar-refractivity contribution is -0.0326. The van der Waals surface area contributed by atoms with Gasteiger partial charge in [-0.25, -0.2) is 0 Å². The molecule has 0 radical (unpaired) electrons. The van der Waals surface area contributed by atoms with Crippen molar-refractivity contribution in [3.63, 3.8) is 0 Å². The van der Waals surface area contributed by atoms with Gasteiger partial charge in [0.25, 0.3) is 0 Å². The minimum Gasteiger partial charge on any atom is -0.300 e. The Labute approximate surface area is 102 Å². The van der Waals surface area contributed by atoms with Crippen molar-refractivity contribution in [2.24, 2.45) is 17.3 Å². The van der Waals surface area contributed by atoms with Crippen LogP contribution in [0.3, 0.4) is 0 Å². The highest BCUT2D eigenvalue weighted by atomic mass is 15.2. The maximum atomic E-state index is 2.70. The zero-order chi connectivity index (χ0) is 11.9. The summed E-state index contributed by atoms with van der Waals surface area (Å²) in [5, 5.41) is 0. The van der Waals surface area contributed by atoms with Gasteiger partial charge >= 0.3 is 0 Å². The lowest BCUT2D eigenvalue weighted by Crippen LogP contribution is -2.55. The smallest absolute Gasteiger partial charge is 0.0156 e. The topological polar surface area (TPSA) is 3.24 Å². The highest BCUT2D eigenvalue weighted by Crippen LogP contribution is 2.46. The summed E-state index contributed by atoms with van der Waals surface area (Å²) in [5.74, 6) is 1.89. The Bertz CT molecular complexity index is 238. The van der Waals surface area contributed by atoms with Gasteiger partial charge in [0.2, 0.25) is 0 Å². The maximum Gasteiger partial charge on any atom is 0.0156 e. The first-order valence-corrected chi connectivity index (χ1v) is 7.13. The highest BCUT2D eigenvalue weighted by Gasteiger charge is 2.44. The molecule has 2 aliphatic rings. The van der Waals surface area contributed by atoms with Crippen LogP contribution in [0.5, 0.6) is 0 Å².